The van der Waals surface area contributed by atoms with Gasteiger partial charge in [-0.15, -0.1) is 0 Å². The number of nitrogens with one attached hydrogen (secondary N) is 1. The number of phenols is 1. The van der Waals surface area contributed by atoms with Crippen molar-refractivity contribution >= 4 is 12.1 Å². The highest BCUT2D eigenvalue weighted by atomic mass is 16.7. The van der Waals surface area contributed by atoms with Crippen LogP contribution in [-0.2, 0) is 34.1 Å². The van der Waals surface area contributed by atoms with Gasteiger partial charge in [0, 0.05) is 5.54 Å². The number of phenolic OH excluding ortho intramolecular Hbond substituents is 1. The van der Waals surface area contributed by atoms with E-state index in [0.717, 1.165) is 23.1 Å². The summed E-state index contributed by atoms with van der Waals surface area (Å²) in [6.45, 7) is 5.85. The van der Waals surface area contributed by atoms with Gasteiger partial charge in [-0.05, 0) is 79.1 Å². The van der Waals surface area contributed by atoms with Crippen molar-refractivity contribution in [2.45, 2.75) is 51.8 Å². The standard InChI is InChI=1S/C15H11O3.C13H19NO3/c16-15(17)18-9-11-5-3-7-13-12-6-2-1-4-10(12)8-14(11)13;1-13(2,3)14-11(12(16)17)8-9-4-6-10(15)7-5-9/h1-7H,8-9H2;4-7,11,14-15H,8H2,1-3H3,(H,16,17). The Morgan fingerprint density at radius 3 is 2.26 bits per heavy atom. The van der Waals surface area contributed by atoms with Gasteiger partial charge in [-0.1, -0.05) is 54.6 Å². The minimum Gasteiger partial charge on any atom is -0.508 e. The first kappa shape index (κ1) is 25.8. The van der Waals surface area contributed by atoms with Crippen molar-refractivity contribution in [3.8, 4) is 16.9 Å². The van der Waals surface area contributed by atoms with Crippen LogP contribution in [0.15, 0.2) is 66.7 Å². The molecule has 0 bridgehead atoms. The molecule has 3 N–H and O–H groups in total. The molecular formula is C28H30NO6. The van der Waals surface area contributed by atoms with Crippen molar-refractivity contribution in [3.05, 3.63) is 89.0 Å². The summed E-state index contributed by atoms with van der Waals surface area (Å²) in [5, 5.41) is 31.7. The van der Waals surface area contributed by atoms with E-state index in [0.29, 0.717) is 6.42 Å². The third kappa shape index (κ3) is 7.32. The fourth-order valence-corrected chi connectivity index (χ4v) is 4.09. The van der Waals surface area contributed by atoms with E-state index >= 15 is 0 Å². The van der Waals surface area contributed by atoms with E-state index in [2.05, 4.69) is 28.3 Å². The van der Waals surface area contributed by atoms with Crippen LogP contribution in [0.4, 0.5) is 4.79 Å². The lowest BCUT2D eigenvalue weighted by Crippen LogP contribution is -2.48. The molecule has 0 saturated heterocycles. The van der Waals surface area contributed by atoms with Crippen molar-refractivity contribution in [1.82, 2.24) is 5.32 Å². The van der Waals surface area contributed by atoms with Crippen LogP contribution in [0.3, 0.4) is 0 Å². The topological polar surface area (TPSA) is 116 Å². The van der Waals surface area contributed by atoms with Crippen LogP contribution in [0.5, 0.6) is 5.75 Å². The van der Waals surface area contributed by atoms with Crippen LogP contribution >= 0.6 is 0 Å². The molecule has 7 nitrogen and oxygen atoms in total. The quantitative estimate of drug-likeness (QED) is 0.334. The predicted octanol–water partition coefficient (Wildman–Crippen LogP) is 5.10. The Kier molecular flexibility index (Phi) is 8.14. The highest BCUT2D eigenvalue weighted by Crippen LogP contribution is 2.38. The summed E-state index contributed by atoms with van der Waals surface area (Å²) in [7, 11) is 0. The Labute approximate surface area is 205 Å². The zero-order chi connectivity index (χ0) is 25.6. The molecule has 7 heteroatoms. The van der Waals surface area contributed by atoms with Crippen molar-refractivity contribution in [2.24, 2.45) is 0 Å². The van der Waals surface area contributed by atoms with Gasteiger partial charge in [0.1, 0.15) is 18.4 Å². The number of aliphatic carboxylic acids is 1. The average molecular weight is 477 g/mol. The summed E-state index contributed by atoms with van der Waals surface area (Å²) in [5.74, 6) is -0.683. The number of aromatic hydroxyl groups is 1. The Morgan fingerprint density at radius 2 is 1.63 bits per heavy atom. The van der Waals surface area contributed by atoms with Gasteiger partial charge in [0.2, 0.25) is 0 Å². The molecule has 3 aromatic rings. The number of ether oxygens (including phenoxy) is 1. The van der Waals surface area contributed by atoms with Crippen molar-refractivity contribution in [1.29, 1.82) is 0 Å². The molecule has 35 heavy (non-hydrogen) atoms. The molecular weight excluding hydrogens is 446 g/mol. The fraction of sp³-hybridized carbons (Fsp3) is 0.286. The molecule has 3 aromatic carbocycles. The zero-order valence-electron chi connectivity index (χ0n) is 20.1. The van der Waals surface area contributed by atoms with Crippen LogP contribution in [0, 0.1) is 0 Å². The van der Waals surface area contributed by atoms with Crippen LogP contribution in [-0.4, -0.2) is 33.9 Å². The Morgan fingerprint density at radius 1 is 0.971 bits per heavy atom. The lowest BCUT2D eigenvalue weighted by molar-refractivity contribution is -0.140. The molecule has 4 rings (SSSR count). The summed E-state index contributed by atoms with van der Waals surface area (Å²) >= 11 is 0. The van der Waals surface area contributed by atoms with E-state index in [-0.39, 0.29) is 17.9 Å². The number of carboxylic acids is 1. The van der Waals surface area contributed by atoms with Crippen LogP contribution < -0.4 is 5.32 Å². The number of carbonyl (C=O) groups excluding carboxylic acids is 1. The number of hydrogen-bond acceptors (Lipinski definition) is 5. The molecule has 1 unspecified atom stereocenters. The molecule has 1 aliphatic rings. The first-order valence-electron chi connectivity index (χ1n) is 11.3. The van der Waals surface area contributed by atoms with Gasteiger partial charge in [0.05, 0.1) is 0 Å². The second-order valence-corrected chi connectivity index (χ2v) is 9.47. The minimum atomic E-state index is -1.48. The van der Waals surface area contributed by atoms with Gasteiger partial charge >= 0.3 is 12.1 Å². The van der Waals surface area contributed by atoms with E-state index in [1.165, 1.54) is 16.7 Å². The SMILES string of the molecule is CC(C)(C)NC(Cc1ccc(O)cc1)C(=O)O.[O]C(=O)OCc1cccc2c1Cc1ccccc1-2. The number of carbonyl (C=O) groups is 2. The molecule has 0 spiro atoms. The largest absolute Gasteiger partial charge is 0.550 e. The number of benzene rings is 3. The number of fused-ring (bicyclic) bond motifs is 3. The maximum Gasteiger partial charge on any atom is 0.550 e. The maximum atomic E-state index is 11.1. The molecule has 0 saturated carbocycles. The monoisotopic (exact) mass is 476 g/mol. The summed E-state index contributed by atoms with van der Waals surface area (Å²) in [6.07, 6.45) is -0.256. The Bertz CT molecular complexity index is 1180. The van der Waals surface area contributed by atoms with Crippen LogP contribution in [0.25, 0.3) is 11.1 Å². The summed E-state index contributed by atoms with van der Waals surface area (Å²) in [6, 6.07) is 20.1. The lowest BCUT2D eigenvalue weighted by atomic mass is 10.0. The first-order chi connectivity index (χ1) is 16.5. The minimum absolute atomic E-state index is 0.0551. The van der Waals surface area contributed by atoms with E-state index in [4.69, 9.17) is 10.2 Å². The smallest absolute Gasteiger partial charge is 0.508 e. The van der Waals surface area contributed by atoms with Gasteiger partial charge in [0.25, 0.3) is 0 Å². The van der Waals surface area contributed by atoms with Gasteiger partial charge in [0.15, 0.2) is 0 Å². The van der Waals surface area contributed by atoms with E-state index in [1.54, 1.807) is 24.3 Å². The molecule has 1 radical (unpaired) electrons. The second kappa shape index (κ2) is 11.1. The van der Waals surface area contributed by atoms with Gasteiger partial charge in [-0.25, -0.2) is 0 Å². The summed E-state index contributed by atoms with van der Waals surface area (Å²) < 4.78 is 4.56. The molecule has 1 aliphatic carbocycles. The normalized spacial score (nSPS) is 12.5. The fourth-order valence-electron chi connectivity index (χ4n) is 4.09. The second-order valence-electron chi connectivity index (χ2n) is 9.47. The van der Waals surface area contributed by atoms with Crippen molar-refractivity contribution in [3.63, 3.8) is 0 Å². The molecule has 1 atom stereocenters. The zero-order valence-corrected chi connectivity index (χ0v) is 20.1. The third-order valence-electron chi connectivity index (χ3n) is 5.57. The molecule has 0 amide bonds. The molecule has 0 heterocycles. The number of rotatable bonds is 6. The highest BCUT2D eigenvalue weighted by molar-refractivity contribution is 5.78. The molecule has 0 aromatic heterocycles. The lowest BCUT2D eigenvalue weighted by Gasteiger charge is -2.26. The number of carboxylic acid groups (broad SMARTS) is 1. The first-order valence-corrected chi connectivity index (χ1v) is 11.3. The third-order valence-corrected chi connectivity index (χ3v) is 5.57. The maximum absolute atomic E-state index is 11.1. The van der Waals surface area contributed by atoms with Crippen LogP contribution in [0.2, 0.25) is 0 Å². The van der Waals surface area contributed by atoms with Crippen molar-refractivity contribution < 1.29 is 29.6 Å². The molecule has 183 valence electrons. The molecule has 0 aliphatic heterocycles. The van der Waals surface area contributed by atoms with E-state index in [1.807, 2.05) is 45.0 Å². The summed E-state index contributed by atoms with van der Waals surface area (Å²) in [5.41, 5.74) is 6.36. The number of hydrogen-bond donors (Lipinski definition) is 3. The van der Waals surface area contributed by atoms with Crippen LogP contribution in [0.1, 0.15) is 43.0 Å². The highest BCUT2D eigenvalue weighted by Gasteiger charge is 2.23. The van der Waals surface area contributed by atoms with Gasteiger partial charge in [-0.2, -0.15) is 9.90 Å². The summed E-state index contributed by atoms with van der Waals surface area (Å²) in [4.78, 5) is 21.5. The van der Waals surface area contributed by atoms with Crippen molar-refractivity contribution in [2.75, 3.05) is 0 Å². The average Bonchev–Trinajstić information content (AvgIpc) is 3.17. The van der Waals surface area contributed by atoms with E-state index in [9.17, 15) is 14.7 Å². The van der Waals surface area contributed by atoms with Gasteiger partial charge < -0.3 is 14.9 Å². The molecule has 0 fully saturated rings. The van der Waals surface area contributed by atoms with E-state index < -0.39 is 18.2 Å². The Balaban J connectivity index is 0.000000196. The van der Waals surface area contributed by atoms with Gasteiger partial charge in [-0.3, -0.25) is 10.1 Å². The predicted molar refractivity (Wildman–Crippen MR) is 132 cm³/mol. The Hall–Kier alpha value is -3.84.